The molecule has 3 rings (SSSR count). The summed E-state index contributed by atoms with van der Waals surface area (Å²) in [5, 5.41) is 2.97. The molecule has 0 fully saturated rings. The fourth-order valence-electron chi connectivity index (χ4n) is 3.06. The second kappa shape index (κ2) is 12.3. The molecule has 29 heavy (non-hydrogen) atoms. The maximum Gasteiger partial charge on any atom is 0.225 e. The second-order valence-electron chi connectivity index (χ2n) is 6.72. The lowest BCUT2D eigenvalue weighted by Crippen LogP contribution is -2.35. The average molecular weight is 435 g/mol. The summed E-state index contributed by atoms with van der Waals surface area (Å²) in [6, 6.07) is 19.7. The molecule has 1 heterocycles. The highest BCUT2D eigenvalue weighted by Gasteiger charge is 2.22. The number of aromatic nitrogens is 2. The third kappa shape index (κ3) is 6.89. The van der Waals surface area contributed by atoms with Gasteiger partial charge in [0, 0.05) is 25.0 Å². The van der Waals surface area contributed by atoms with Crippen LogP contribution >= 0.6 is 24.8 Å². The van der Waals surface area contributed by atoms with Gasteiger partial charge < -0.3 is 15.6 Å². The van der Waals surface area contributed by atoms with Gasteiger partial charge in [0.25, 0.3) is 0 Å². The third-order valence-corrected chi connectivity index (χ3v) is 4.84. The van der Waals surface area contributed by atoms with Crippen molar-refractivity contribution in [2.75, 3.05) is 0 Å². The van der Waals surface area contributed by atoms with Gasteiger partial charge in [-0.3, -0.25) is 4.79 Å². The average Bonchev–Trinajstić information content (AvgIpc) is 3.18. The van der Waals surface area contributed by atoms with Crippen LogP contribution in [-0.4, -0.2) is 15.5 Å². The van der Waals surface area contributed by atoms with Crippen LogP contribution in [0.2, 0.25) is 0 Å². The van der Waals surface area contributed by atoms with E-state index in [9.17, 15) is 4.79 Å². The van der Waals surface area contributed by atoms with Crippen molar-refractivity contribution in [3.05, 3.63) is 90.0 Å². The van der Waals surface area contributed by atoms with Crippen molar-refractivity contribution >= 4 is 30.7 Å². The highest BCUT2D eigenvalue weighted by Crippen LogP contribution is 2.19. The number of hydrogen-bond acceptors (Lipinski definition) is 3. The standard InChI is InChI=1S/C22H26N4O.2ClH/c1-17(21(23)19-10-6-3-7-11-19)22(27)25-16-20-24-13-15-26(20)14-12-18-8-4-2-5-9-18;;/h2-11,13,15,17,21H,12,14,16,23H2,1H3,(H,25,27);2*1H. The van der Waals surface area contributed by atoms with Crippen LogP contribution in [0, 0.1) is 5.92 Å². The van der Waals surface area contributed by atoms with Gasteiger partial charge in [0.2, 0.25) is 5.91 Å². The van der Waals surface area contributed by atoms with E-state index in [2.05, 4.69) is 27.0 Å². The van der Waals surface area contributed by atoms with Gasteiger partial charge in [-0.05, 0) is 17.5 Å². The topological polar surface area (TPSA) is 72.9 Å². The molecule has 0 saturated carbocycles. The summed E-state index contributed by atoms with van der Waals surface area (Å²) in [6.07, 6.45) is 4.64. The van der Waals surface area contributed by atoms with Crippen LogP contribution in [0.3, 0.4) is 0 Å². The predicted octanol–water partition coefficient (Wildman–Crippen LogP) is 3.92. The monoisotopic (exact) mass is 434 g/mol. The number of rotatable bonds is 8. The van der Waals surface area contributed by atoms with E-state index in [4.69, 9.17) is 5.73 Å². The normalized spacial score (nSPS) is 12.2. The van der Waals surface area contributed by atoms with E-state index < -0.39 is 0 Å². The summed E-state index contributed by atoms with van der Waals surface area (Å²) in [4.78, 5) is 16.9. The number of carbonyl (C=O) groups excluding carboxylic acids is 1. The Morgan fingerprint density at radius 2 is 1.69 bits per heavy atom. The van der Waals surface area contributed by atoms with E-state index in [1.165, 1.54) is 5.56 Å². The van der Waals surface area contributed by atoms with Crippen molar-refractivity contribution in [1.29, 1.82) is 0 Å². The largest absolute Gasteiger partial charge is 0.349 e. The van der Waals surface area contributed by atoms with Crippen LogP contribution in [0.15, 0.2) is 73.1 Å². The molecule has 1 amide bonds. The van der Waals surface area contributed by atoms with Crippen molar-refractivity contribution < 1.29 is 4.79 Å². The minimum Gasteiger partial charge on any atom is -0.349 e. The van der Waals surface area contributed by atoms with Gasteiger partial charge >= 0.3 is 0 Å². The predicted molar refractivity (Wildman–Crippen MR) is 121 cm³/mol. The molecule has 2 aromatic carbocycles. The summed E-state index contributed by atoms with van der Waals surface area (Å²) in [5.41, 5.74) is 8.49. The molecule has 0 spiro atoms. The number of aryl methyl sites for hydroxylation is 2. The zero-order valence-electron chi connectivity index (χ0n) is 16.4. The van der Waals surface area contributed by atoms with E-state index in [1.807, 2.05) is 61.7 Å². The van der Waals surface area contributed by atoms with Crippen LogP contribution in [-0.2, 0) is 24.3 Å². The number of amides is 1. The molecule has 0 saturated heterocycles. The Bertz CT molecular complexity index is 856. The SMILES string of the molecule is CC(C(=O)NCc1nccn1CCc1ccccc1)C(N)c1ccccc1.Cl.Cl. The van der Waals surface area contributed by atoms with Crippen LogP contribution in [0.25, 0.3) is 0 Å². The first kappa shape index (κ1) is 24.7. The van der Waals surface area contributed by atoms with Crippen LogP contribution in [0.1, 0.15) is 29.9 Å². The zero-order chi connectivity index (χ0) is 19.1. The van der Waals surface area contributed by atoms with Crippen LogP contribution in [0.4, 0.5) is 0 Å². The van der Waals surface area contributed by atoms with Crippen LogP contribution < -0.4 is 11.1 Å². The molecule has 0 aliphatic heterocycles. The molecular formula is C22H28Cl2N4O. The number of imidazole rings is 1. The maximum atomic E-state index is 12.5. The zero-order valence-corrected chi connectivity index (χ0v) is 18.0. The summed E-state index contributed by atoms with van der Waals surface area (Å²) in [5.74, 6) is 0.462. The van der Waals surface area contributed by atoms with Gasteiger partial charge in [-0.25, -0.2) is 4.98 Å². The molecule has 3 aromatic rings. The van der Waals surface area contributed by atoms with E-state index >= 15 is 0 Å². The number of halogens is 2. The Kier molecular flexibility index (Phi) is 10.5. The molecule has 0 bridgehead atoms. The molecule has 0 radical (unpaired) electrons. The first-order chi connectivity index (χ1) is 13.1. The number of benzene rings is 2. The molecule has 156 valence electrons. The number of carbonyl (C=O) groups is 1. The summed E-state index contributed by atoms with van der Waals surface area (Å²) >= 11 is 0. The Labute approximate surface area is 184 Å². The molecule has 2 unspecified atom stereocenters. The van der Waals surface area contributed by atoms with Crippen molar-refractivity contribution in [3.8, 4) is 0 Å². The molecule has 2 atom stereocenters. The molecule has 0 aliphatic carbocycles. The smallest absolute Gasteiger partial charge is 0.225 e. The lowest BCUT2D eigenvalue weighted by Gasteiger charge is -2.20. The first-order valence-electron chi connectivity index (χ1n) is 9.27. The van der Waals surface area contributed by atoms with Crippen molar-refractivity contribution in [1.82, 2.24) is 14.9 Å². The van der Waals surface area contributed by atoms with Gasteiger partial charge in [0.15, 0.2) is 0 Å². The quantitative estimate of drug-likeness (QED) is 0.563. The highest BCUT2D eigenvalue weighted by atomic mass is 35.5. The van der Waals surface area contributed by atoms with Crippen molar-refractivity contribution in [2.45, 2.75) is 32.5 Å². The van der Waals surface area contributed by atoms with Gasteiger partial charge in [-0.2, -0.15) is 0 Å². The second-order valence-corrected chi connectivity index (χ2v) is 6.72. The Balaban J connectivity index is 0.00000210. The fourth-order valence-corrected chi connectivity index (χ4v) is 3.06. The van der Waals surface area contributed by atoms with Crippen molar-refractivity contribution in [3.63, 3.8) is 0 Å². The number of nitrogens with one attached hydrogen (secondary N) is 1. The number of nitrogens with zero attached hydrogens (tertiary/aromatic N) is 2. The minimum absolute atomic E-state index is 0. The van der Waals surface area contributed by atoms with E-state index in [1.54, 1.807) is 6.20 Å². The lowest BCUT2D eigenvalue weighted by atomic mass is 9.95. The third-order valence-electron chi connectivity index (χ3n) is 4.84. The Hall–Kier alpha value is -2.34. The maximum absolute atomic E-state index is 12.5. The van der Waals surface area contributed by atoms with Gasteiger partial charge in [0.1, 0.15) is 5.82 Å². The van der Waals surface area contributed by atoms with Crippen molar-refractivity contribution in [2.24, 2.45) is 11.7 Å². The molecule has 3 N–H and O–H groups in total. The summed E-state index contributed by atoms with van der Waals surface area (Å²) in [6.45, 7) is 3.08. The number of hydrogen-bond donors (Lipinski definition) is 2. The molecular weight excluding hydrogens is 407 g/mol. The minimum atomic E-state index is -0.330. The molecule has 1 aromatic heterocycles. The highest BCUT2D eigenvalue weighted by molar-refractivity contribution is 5.85. The first-order valence-corrected chi connectivity index (χ1v) is 9.27. The Morgan fingerprint density at radius 3 is 2.34 bits per heavy atom. The lowest BCUT2D eigenvalue weighted by molar-refractivity contribution is -0.125. The molecule has 7 heteroatoms. The summed E-state index contributed by atoms with van der Waals surface area (Å²) in [7, 11) is 0. The molecule has 0 aliphatic rings. The van der Waals surface area contributed by atoms with E-state index in [0.717, 1.165) is 24.4 Å². The van der Waals surface area contributed by atoms with Gasteiger partial charge in [0.05, 0.1) is 12.5 Å². The van der Waals surface area contributed by atoms with Gasteiger partial charge in [-0.15, -0.1) is 24.8 Å². The molecule has 5 nitrogen and oxygen atoms in total. The van der Waals surface area contributed by atoms with Crippen LogP contribution in [0.5, 0.6) is 0 Å². The summed E-state index contributed by atoms with van der Waals surface area (Å²) < 4.78 is 2.08. The number of nitrogens with two attached hydrogens (primary N) is 1. The van der Waals surface area contributed by atoms with E-state index in [0.29, 0.717) is 6.54 Å². The van der Waals surface area contributed by atoms with Gasteiger partial charge in [-0.1, -0.05) is 67.6 Å². The fraction of sp³-hybridized carbons (Fsp3) is 0.273. The Morgan fingerprint density at radius 1 is 1.07 bits per heavy atom. The van der Waals surface area contributed by atoms with E-state index in [-0.39, 0.29) is 42.7 Å².